The highest BCUT2D eigenvalue weighted by Gasteiger charge is 2.14. The Hall–Kier alpha value is -1.49. The molecule has 15 heavy (non-hydrogen) atoms. The van der Waals surface area contributed by atoms with Crippen molar-refractivity contribution in [1.29, 1.82) is 0 Å². The fraction of sp³-hybridized carbons (Fsp3) is 0.400. The molecule has 0 saturated heterocycles. The standard InChI is InChI=1S/C10H13FN2O2/c1-2-3-8(12)6-4-7(11)9(10(14)15)13-5-6/h4-5,8H,2-3,12H2,1H3,(H,14,15). The Labute approximate surface area is 86.9 Å². The fourth-order valence-electron chi connectivity index (χ4n) is 1.29. The molecule has 1 atom stereocenters. The molecule has 0 fully saturated rings. The molecule has 0 amide bonds. The van der Waals surface area contributed by atoms with Crippen LogP contribution >= 0.6 is 0 Å². The van der Waals surface area contributed by atoms with E-state index in [2.05, 4.69) is 4.98 Å². The summed E-state index contributed by atoms with van der Waals surface area (Å²) < 4.78 is 13.2. The van der Waals surface area contributed by atoms with Crippen LogP contribution < -0.4 is 5.73 Å². The maximum atomic E-state index is 13.2. The van der Waals surface area contributed by atoms with Crippen LogP contribution in [0.5, 0.6) is 0 Å². The fourth-order valence-corrected chi connectivity index (χ4v) is 1.29. The van der Waals surface area contributed by atoms with E-state index in [9.17, 15) is 9.18 Å². The summed E-state index contributed by atoms with van der Waals surface area (Å²) in [6.07, 6.45) is 2.91. The van der Waals surface area contributed by atoms with E-state index in [0.29, 0.717) is 12.0 Å². The predicted molar refractivity (Wildman–Crippen MR) is 53.0 cm³/mol. The van der Waals surface area contributed by atoms with E-state index in [0.717, 1.165) is 12.5 Å². The lowest BCUT2D eigenvalue weighted by Crippen LogP contribution is -2.12. The molecule has 4 nitrogen and oxygen atoms in total. The highest BCUT2D eigenvalue weighted by molar-refractivity contribution is 5.85. The van der Waals surface area contributed by atoms with Crippen molar-refractivity contribution in [1.82, 2.24) is 4.98 Å². The van der Waals surface area contributed by atoms with Crippen LogP contribution in [0.1, 0.15) is 41.9 Å². The van der Waals surface area contributed by atoms with Crippen LogP contribution in [0.2, 0.25) is 0 Å². The minimum atomic E-state index is -1.37. The highest BCUT2D eigenvalue weighted by Crippen LogP contribution is 2.16. The van der Waals surface area contributed by atoms with Gasteiger partial charge in [0.15, 0.2) is 11.5 Å². The largest absolute Gasteiger partial charge is 0.476 e. The first-order chi connectivity index (χ1) is 7.06. The molecule has 0 spiro atoms. The molecule has 1 aromatic rings. The van der Waals surface area contributed by atoms with E-state index in [1.807, 2.05) is 6.92 Å². The molecule has 3 N–H and O–H groups in total. The van der Waals surface area contributed by atoms with Crippen molar-refractivity contribution in [3.63, 3.8) is 0 Å². The summed E-state index contributed by atoms with van der Waals surface area (Å²) in [5, 5.41) is 8.56. The molecule has 0 saturated carbocycles. The molecule has 82 valence electrons. The van der Waals surface area contributed by atoms with Gasteiger partial charge in [-0.15, -0.1) is 0 Å². The number of hydrogen-bond acceptors (Lipinski definition) is 3. The Morgan fingerprint density at radius 3 is 2.87 bits per heavy atom. The molecule has 1 aromatic heterocycles. The van der Waals surface area contributed by atoms with E-state index < -0.39 is 17.5 Å². The van der Waals surface area contributed by atoms with Crippen LogP contribution in [0.4, 0.5) is 4.39 Å². The van der Waals surface area contributed by atoms with Gasteiger partial charge in [-0.25, -0.2) is 14.2 Å². The van der Waals surface area contributed by atoms with Gasteiger partial charge in [0, 0.05) is 12.2 Å². The van der Waals surface area contributed by atoms with Crippen molar-refractivity contribution in [2.24, 2.45) is 5.73 Å². The summed E-state index contributed by atoms with van der Waals surface area (Å²) in [4.78, 5) is 14.0. The van der Waals surface area contributed by atoms with Crippen molar-refractivity contribution < 1.29 is 14.3 Å². The van der Waals surface area contributed by atoms with Crippen molar-refractivity contribution in [3.8, 4) is 0 Å². The lowest BCUT2D eigenvalue weighted by atomic mass is 10.1. The number of rotatable bonds is 4. The minimum Gasteiger partial charge on any atom is -0.476 e. The quantitative estimate of drug-likeness (QED) is 0.796. The Morgan fingerprint density at radius 2 is 2.40 bits per heavy atom. The highest BCUT2D eigenvalue weighted by atomic mass is 19.1. The van der Waals surface area contributed by atoms with Gasteiger partial charge in [0.1, 0.15) is 0 Å². The molecular weight excluding hydrogens is 199 g/mol. The topological polar surface area (TPSA) is 76.2 Å². The van der Waals surface area contributed by atoms with E-state index in [-0.39, 0.29) is 6.04 Å². The van der Waals surface area contributed by atoms with E-state index in [1.54, 1.807) is 0 Å². The van der Waals surface area contributed by atoms with Crippen LogP contribution in [0.25, 0.3) is 0 Å². The normalized spacial score (nSPS) is 12.5. The lowest BCUT2D eigenvalue weighted by molar-refractivity contribution is 0.0685. The second-order valence-corrected chi connectivity index (χ2v) is 3.30. The Bertz CT molecular complexity index is 368. The summed E-state index contributed by atoms with van der Waals surface area (Å²) in [7, 11) is 0. The third-order valence-electron chi connectivity index (χ3n) is 2.09. The van der Waals surface area contributed by atoms with Gasteiger partial charge in [0.2, 0.25) is 0 Å². The number of carboxylic acid groups (broad SMARTS) is 1. The first kappa shape index (κ1) is 11.6. The van der Waals surface area contributed by atoms with Gasteiger partial charge < -0.3 is 10.8 Å². The van der Waals surface area contributed by atoms with Crippen molar-refractivity contribution in [2.45, 2.75) is 25.8 Å². The first-order valence-corrected chi connectivity index (χ1v) is 4.70. The van der Waals surface area contributed by atoms with Crippen molar-refractivity contribution in [2.75, 3.05) is 0 Å². The molecule has 0 aliphatic carbocycles. The van der Waals surface area contributed by atoms with Crippen LogP contribution in [0.3, 0.4) is 0 Å². The van der Waals surface area contributed by atoms with E-state index in [4.69, 9.17) is 10.8 Å². The van der Waals surface area contributed by atoms with Gasteiger partial charge in [-0.1, -0.05) is 13.3 Å². The van der Waals surface area contributed by atoms with Gasteiger partial charge in [-0.3, -0.25) is 0 Å². The zero-order valence-electron chi connectivity index (χ0n) is 8.40. The molecule has 1 heterocycles. The number of hydrogen-bond donors (Lipinski definition) is 2. The van der Waals surface area contributed by atoms with E-state index >= 15 is 0 Å². The Morgan fingerprint density at radius 1 is 1.73 bits per heavy atom. The molecule has 0 aliphatic rings. The van der Waals surface area contributed by atoms with Crippen LogP contribution in [0, 0.1) is 5.82 Å². The van der Waals surface area contributed by atoms with Gasteiger partial charge in [-0.05, 0) is 18.1 Å². The van der Waals surface area contributed by atoms with Crippen LogP contribution in [-0.4, -0.2) is 16.1 Å². The predicted octanol–water partition coefficient (Wildman–Crippen LogP) is 1.72. The number of nitrogens with zero attached hydrogens (tertiary/aromatic N) is 1. The molecule has 1 unspecified atom stereocenters. The zero-order valence-corrected chi connectivity index (χ0v) is 8.40. The van der Waals surface area contributed by atoms with Gasteiger partial charge in [0.05, 0.1) is 0 Å². The summed E-state index contributed by atoms with van der Waals surface area (Å²) in [6.45, 7) is 1.97. The molecule has 0 aliphatic heterocycles. The zero-order chi connectivity index (χ0) is 11.4. The Kier molecular flexibility index (Phi) is 3.74. The number of pyridine rings is 1. The third kappa shape index (κ3) is 2.73. The maximum absolute atomic E-state index is 13.2. The van der Waals surface area contributed by atoms with Gasteiger partial charge in [0.25, 0.3) is 0 Å². The number of carboxylic acids is 1. The molecule has 0 radical (unpaired) electrons. The number of carbonyl (C=O) groups is 1. The number of nitrogens with two attached hydrogens (primary N) is 1. The number of halogens is 1. The van der Waals surface area contributed by atoms with Crippen molar-refractivity contribution >= 4 is 5.97 Å². The average Bonchev–Trinajstić information content (AvgIpc) is 2.17. The number of aromatic nitrogens is 1. The average molecular weight is 212 g/mol. The molecule has 0 aromatic carbocycles. The smallest absolute Gasteiger partial charge is 0.357 e. The summed E-state index contributed by atoms with van der Waals surface area (Å²) >= 11 is 0. The summed E-state index contributed by atoms with van der Waals surface area (Å²) in [5.41, 5.74) is 5.71. The van der Waals surface area contributed by atoms with Crippen molar-refractivity contribution in [3.05, 3.63) is 29.3 Å². The first-order valence-electron chi connectivity index (χ1n) is 4.70. The van der Waals surface area contributed by atoms with Crippen LogP contribution in [0.15, 0.2) is 12.3 Å². The summed E-state index contributed by atoms with van der Waals surface area (Å²) in [5.74, 6) is -2.21. The maximum Gasteiger partial charge on any atom is 0.357 e. The van der Waals surface area contributed by atoms with Gasteiger partial charge in [-0.2, -0.15) is 0 Å². The Balaban J connectivity index is 2.96. The third-order valence-corrected chi connectivity index (χ3v) is 2.09. The monoisotopic (exact) mass is 212 g/mol. The summed E-state index contributed by atoms with van der Waals surface area (Å²) in [6, 6.07) is 0.844. The lowest BCUT2D eigenvalue weighted by Gasteiger charge is -2.10. The van der Waals surface area contributed by atoms with Crippen LogP contribution in [-0.2, 0) is 0 Å². The second kappa shape index (κ2) is 4.84. The molecule has 5 heteroatoms. The molecular formula is C10H13FN2O2. The number of aromatic carboxylic acids is 1. The molecule has 0 bridgehead atoms. The van der Waals surface area contributed by atoms with E-state index in [1.165, 1.54) is 6.20 Å². The molecule has 1 rings (SSSR count). The minimum absolute atomic E-state index is 0.292. The second-order valence-electron chi connectivity index (χ2n) is 3.30. The van der Waals surface area contributed by atoms with Gasteiger partial charge >= 0.3 is 5.97 Å². The SMILES string of the molecule is CCCC(N)c1cnc(C(=O)O)c(F)c1.